The number of rotatable bonds is 2. The van der Waals surface area contributed by atoms with E-state index in [9.17, 15) is 0 Å². The van der Waals surface area contributed by atoms with Crippen LogP contribution in [0.1, 0.15) is 0 Å². The van der Waals surface area contributed by atoms with Crippen molar-refractivity contribution in [2.45, 2.75) is 0 Å². The zero-order chi connectivity index (χ0) is 14.1. The molecule has 0 fully saturated rings. The van der Waals surface area contributed by atoms with Crippen LogP contribution in [0.5, 0.6) is 0 Å². The van der Waals surface area contributed by atoms with E-state index in [1.54, 1.807) is 12.1 Å². The Morgan fingerprint density at radius 3 is 1.70 bits per heavy atom. The standard InChI is InChI=1S/C13H9N7/c1-20-12-4-2-8(16-18-14)6-10(12)11-7-9(17-19-15)3-5-13(11)20/h2-7H,1H3. The molecule has 3 rings (SSSR count). The fourth-order valence-electron chi connectivity index (χ4n) is 2.42. The molecule has 0 aliphatic rings. The molecule has 0 N–H and O–H groups in total. The molecule has 0 aliphatic carbocycles. The highest BCUT2D eigenvalue weighted by atomic mass is 15.1. The van der Waals surface area contributed by atoms with Crippen LogP contribution in [0.25, 0.3) is 42.7 Å². The summed E-state index contributed by atoms with van der Waals surface area (Å²) in [7, 11) is 1.96. The summed E-state index contributed by atoms with van der Waals surface area (Å²) in [4.78, 5) is 5.60. The topological polar surface area (TPSA) is 102 Å². The molecule has 3 aromatic rings. The first-order valence-corrected chi connectivity index (χ1v) is 5.87. The lowest BCUT2D eigenvalue weighted by atomic mass is 10.1. The Morgan fingerprint density at radius 2 is 1.30 bits per heavy atom. The molecule has 7 nitrogen and oxygen atoms in total. The lowest BCUT2D eigenvalue weighted by molar-refractivity contribution is 1.01. The van der Waals surface area contributed by atoms with Crippen molar-refractivity contribution in [2.75, 3.05) is 0 Å². The number of hydrogen-bond donors (Lipinski definition) is 0. The van der Waals surface area contributed by atoms with Gasteiger partial charge in [0.25, 0.3) is 0 Å². The predicted molar refractivity (Wildman–Crippen MR) is 78.0 cm³/mol. The van der Waals surface area contributed by atoms with Gasteiger partial charge in [-0.2, -0.15) is 0 Å². The molecule has 0 radical (unpaired) electrons. The summed E-state index contributed by atoms with van der Waals surface area (Å²) in [6.45, 7) is 0. The molecule has 0 saturated heterocycles. The number of aromatic nitrogens is 1. The maximum absolute atomic E-state index is 8.52. The lowest BCUT2D eigenvalue weighted by Crippen LogP contribution is -1.85. The van der Waals surface area contributed by atoms with E-state index >= 15 is 0 Å². The Kier molecular flexibility index (Phi) is 2.69. The van der Waals surface area contributed by atoms with E-state index < -0.39 is 0 Å². The lowest BCUT2D eigenvalue weighted by Gasteiger charge is -1.97. The SMILES string of the molecule is Cn1c2ccc(N=[N+]=[N-])cc2c2cc(N=[N+]=[N-])ccc21. The molecule has 96 valence electrons. The van der Waals surface area contributed by atoms with Crippen molar-refractivity contribution in [1.29, 1.82) is 0 Å². The van der Waals surface area contributed by atoms with Gasteiger partial charge in [-0.1, -0.05) is 22.4 Å². The molecule has 0 aliphatic heterocycles. The summed E-state index contributed by atoms with van der Waals surface area (Å²) in [5.74, 6) is 0. The van der Waals surface area contributed by atoms with Crippen LogP contribution < -0.4 is 0 Å². The minimum absolute atomic E-state index is 0.557. The third-order valence-corrected chi connectivity index (χ3v) is 3.29. The van der Waals surface area contributed by atoms with Crippen LogP contribution in [0.4, 0.5) is 11.4 Å². The first-order valence-electron chi connectivity index (χ1n) is 5.87. The highest BCUT2D eigenvalue weighted by Gasteiger charge is 2.08. The van der Waals surface area contributed by atoms with Crippen molar-refractivity contribution >= 4 is 33.2 Å². The fraction of sp³-hybridized carbons (Fsp3) is 0.0769. The van der Waals surface area contributed by atoms with E-state index in [1.165, 1.54) is 0 Å². The van der Waals surface area contributed by atoms with Gasteiger partial charge in [0.05, 0.1) is 0 Å². The predicted octanol–water partition coefficient (Wildman–Crippen LogP) is 5.22. The van der Waals surface area contributed by atoms with E-state index in [2.05, 4.69) is 20.1 Å². The van der Waals surface area contributed by atoms with Crippen LogP contribution in [0.15, 0.2) is 46.6 Å². The Morgan fingerprint density at radius 1 is 0.850 bits per heavy atom. The molecule has 0 atom stereocenters. The monoisotopic (exact) mass is 263 g/mol. The second kappa shape index (κ2) is 4.51. The number of benzene rings is 2. The first-order chi connectivity index (χ1) is 9.74. The number of aryl methyl sites for hydroxylation is 1. The smallest absolute Gasteiger partial charge is 0.0488 e. The van der Waals surface area contributed by atoms with Crippen molar-refractivity contribution in [3.63, 3.8) is 0 Å². The fourth-order valence-corrected chi connectivity index (χ4v) is 2.42. The number of fused-ring (bicyclic) bond motifs is 3. The van der Waals surface area contributed by atoms with Crippen LogP contribution in [0, 0.1) is 0 Å². The largest absolute Gasteiger partial charge is 0.344 e. The third kappa shape index (κ3) is 1.71. The maximum Gasteiger partial charge on any atom is 0.0488 e. The average molecular weight is 263 g/mol. The Labute approximate surface area is 113 Å². The molecule has 0 spiro atoms. The number of azide groups is 2. The van der Waals surface area contributed by atoms with E-state index in [0.717, 1.165) is 21.8 Å². The van der Waals surface area contributed by atoms with Gasteiger partial charge in [0.15, 0.2) is 0 Å². The van der Waals surface area contributed by atoms with E-state index in [0.29, 0.717) is 11.4 Å². The molecule has 0 unspecified atom stereocenters. The molecular formula is C13H9N7. The molecule has 0 saturated carbocycles. The summed E-state index contributed by atoms with van der Waals surface area (Å²) < 4.78 is 2.05. The van der Waals surface area contributed by atoms with Crippen LogP contribution in [-0.2, 0) is 7.05 Å². The summed E-state index contributed by atoms with van der Waals surface area (Å²) >= 11 is 0. The molecule has 20 heavy (non-hydrogen) atoms. The minimum atomic E-state index is 0.557. The van der Waals surface area contributed by atoms with Crippen LogP contribution in [0.2, 0.25) is 0 Å². The van der Waals surface area contributed by atoms with Crippen LogP contribution in [-0.4, -0.2) is 4.57 Å². The van der Waals surface area contributed by atoms with Gasteiger partial charge in [0, 0.05) is 50.1 Å². The van der Waals surface area contributed by atoms with E-state index in [-0.39, 0.29) is 0 Å². The molecule has 1 heterocycles. The van der Waals surface area contributed by atoms with Crippen LogP contribution in [0.3, 0.4) is 0 Å². The molecule has 0 amide bonds. The summed E-state index contributed by atoms with van der Waals surface area (Å²) in [6, 6.07) is 11.0. The van der Waals surface area contributed by atoms with Crippen LogP contribution >= 0.6 is 0 Å². The molecule has 0 bridgehead atoms. The Bertz CT molecular complexity index is 849. The summed E-state index contributed by atoms with van der Waals surface area (Å²) in [5, 5.41) is 9.16. The van der Waals surface area contributed by atoms with Crippen molar-refractivity contribution in [3.05, 3.63) is 57.3 Å². The summed E-state index contributed by atoms with van der Waals surface area (Å²) in [6.07, 6.45) is 0. The minimum Gasteiger partial charge on any atom is -0.344 e. The van der Waals surface area contributed by atoms with Gasteiger partial charge in [-0.05, 0) is 35.3 Å². The normalized spacial score (nSPS) is 10.2. The van der Waals surface area contributed by atoms with Crippen molar-refractivity contribution in [2.24, 2.45) is 17.3 Å². The zero-order valence-corrected chi connectivity index (χ0v) is 10.6. The van der Waals surface area contributed by atoms with E-state index in [4.69, 9.17) is 11.1 Å². The second-order valence-corrected chi connectivity index (χ2v) is 4.34. The van der Waals surface area contributed by atoms with Gasteiger partial charge in [-0.3, -0.25) is 0 Å². The molecule has 1 aromatic heterocycles. The quantitative estimate of drug-likeness (QED) is 0.344. The number of nitrogens with zero attached hydrogens (tertiary/aromatic N) is 7. The number of hydrogen-bond acceptors (Lipinski definition) is 2. The van der Waals surface area contributed by atoms with Gasteiger partial charge in [0.1, 0.15) is 0 Å². The maximum atomic E-state index is 8.52. The Hall–Kier alpha value is -3.14. The first kappa shape index (κ1) is 11.9. The second-order valence-electron chi connectivity index (χ2n) is 4.34. The van der Waals surface area contributed by atoms with Crippen molar-refractivity contribution in [3.8, 4) is 0 Å². The van der Waals surface area contributed by atoms with Gasteiger partial charge < -0.3 is 4.57 Å². The van der Waals surface area contributed by atoms with Gasteiger partial charge >= 0.3 is 0 Å². The molecule has 7 heteroatoms. The zero-order valence-electron chi connectivity index (χ0n) is 10.6. The molecular weight excluding hydrogens is 254 g/mol. The van der Waals surface area contributed by atoms with Crippen molar-refractivity contribution in [1.82, 2.24) is 4.57 Å². The van der Waals surface area contributed by atoms with Crippen molar-refractivity contribution < 1.29 is 0 Å². The summed E-state index contributed by atoms with van der Waals surface area (Å²) in [5.41, 5.74) is 20.2. The Balaban J connectivity index is 2.43. The third-order valence-electron chi connectivity index (χ3n) is 3.29. The average Bonchev–Trinajstić information content (AvgIpc) is 2.73. The van der Waals surface area contributed by atoms with Gasteiger partial charge in [-0.25, -0.2) is 0 Å². The highest BCUT2D eigenvalue weighted by Crippen LogP contribution is 2.33. The van der Waals surface area contributed by atoms with Gasteiger partial charge in [0.2, 0.25) is 0 Å². The van der Waals surface area contributed by atoms with Gasteiger partial charge in [-0.15, -0.1) is 0 Å². The van der Waals surface area contributed by atoms with E-state index in [1.807, 2.05) is 35.9 Å². The molecule has 2 aromatic carbocycles. The highest BCUT2D eigenvalue weighted by molar-refractivity contribution is 6.09.